The van der Waals surface area contributed by atoms with E-state index in [1.165, 1.54) is 0 Å². The van der Waals surface area contributed by atoms with Gasteiger partial charge in [-0.15, -0.1) is 12.4 Å². The molecule has 2 aliphatic rings. The standard InChI is InChI=1S/C18H24N2O3.ClH/c21-16(15-8-4-10-19-13-15)20-11-5-9-18(20,17(22)23)12-14-6-2-1-3-7-14;/h1-3,6-7,15,19H,4-5,8-13H2,(H,22,23);1H/t15-,18-;/m0./s1. The first kappa shape index (κ1) is 18.7. The van der Waals surface area contributed by atoms with Crippen LogP contribution in [-0.2, 0) is 16.0 Å². The maximum Gasteiger partial charge on any atom is 0.329 e. The zero-order chi connectivity index (χ0) is 16.3. The molecule has 6 heteroatoms. The van der Waals surface area contributed by atoms with E-state index in [1.807, 2.05) is 30.3 Å². The Labute approximate surface area is 148 Å². The molecular formula is C18H25ClN2O3. The number of rotatable bonds is 4. The third-order valence-electron chi connectivity index (χ3n) is 5.14. The summed E-state index contributed by atoms with van der Waals surface area (Å²) in [6.45, 7) is 2.16. The molecule has 0 spiro atoms. The molecule has 2 atom stereocenters. The topological polar surface area (TPSA) is 69.6 Å². The van der Waals surface area contributed by atoms with E-state index >= 15 is 0 Å². The highest BCUT2D eigenvalue weighted by atomic mass is 35.5. The Hall–Kier alpha value is -1.59. The average Bonchev–Trinajstić information content (AvgIpc) is 3.01. The zero-order valence-corrected chi connectivity index (χ0v) is 14.6. The largest absolute Gasteiger partial charge is 0.479 e. The lowest BCUT2D eigenvalue weighted by Crippen LogP contribution is -2.57. The maximum absolute atomic E-state index is 12.9. The van der Waals surface area contributed by atoms with Gasteiger partial charge in [0.1, 0.15) is 5.54 Å². The molecule has 24 heavy (non-hydrogen) atoms. The van der Waals surface area contributed by atoms with Crippen LogP contribution in [0.2, 0.25) is 0 Å². The van der Waals surface area contributed by atoms with Crippen molar-refractivity contribution in [1.29, 1.82) is 0 Å². The molecule has 3 rings (SSSR count). The van der Waals surface area contributed by atoms with Crippen LogP contribution in [0, 0.1) is 5.92 Å². The molecule has 0 unspecified atom stereocenters. The van der Waals surface area contributed by atoms with Gasteiger partial charge in [-0.2, -0.15) is 0 Å². The Bertz CT molecular complexity index is 575. The Morgan fingerprint density at radius 2 is 2.00 bits per heavy atom. The van der Waals surface area contributed by atoms with Crippen molar-refractivity contribution < 1.29 is 14.7 Å². The van der Waals surface area contributed by atoms with Crippen LogP contribution in [0.5, 0.6) is 0 Å². The molecule has 1 aromatic carbocycles. The second-order valence-corrected chi connectivity index (χ2v) is 6.64. The van der Waals surface area contributed by atoms with Crippen molar-refractivity contribution in [2.45, 2.75) is 37.6 Å². The third kappa shape index (κ3) is 3.57. The van der Waals surface area contributed by atoms with Crippen molar-refractivity contribution >= 4 is 24.3 Å². The van der Waals surface area contributed by atoms with E-state index in [0.717, 1.165) is 31.4 Å². The Balaban J connectivity index is 0.00000208. The Kier molecular flexibility index (Phi) is 6.24. The summed E-state index contributed by atoms with van der Waals surface area (Å²) < 4.78 is 0. The number of carboxylic acid groups (broad SMARTS) is 1. The number of carbonyl (C=O) groups excluding carboxylic acids is 1. The molecule has 2 N–H and O–H groups in total. The van der Waals surface area contributed by atoms with Crippen LogP contribution in [0.1, 0.15) is 31.2 Å². The lowest BCUT2D eigenvalue weighted by molar-refractivity contribution is -0.158. The van der Waals surface area contributed by atoms with Crippen molar-refractivity contribution in [3.05, 3.63) is 35.9 Å². The highest BCUT2D eigenvalue weighted by molar-refractivity contribution is 5.89. The minimum atomic E-state index is -1.09. The lowest BCUT2D eigenvalue weighted by atomic mass is 9.86. The number of benzene rings is 1. The third-order valence-corrected chi connectivity index (χ3v) is 5.14. The fourth-order valence-corrected chi connectivity index (χ4v) is 3.90. The zero-order valence-electron chi connectivity index (χ0n) is 13.7. The van der Waals surface area contributed by atoms with Crippen molar-refractivity contribution in [2.24, 2.45) is 5.92 Å². The molecule has 2 heterocycles. The lowest BCUT2D eigenvalue weighted by Gasteiger charge is -2.38. The predicted molar refractivity (Wildman–Crippen MR) is 94.3 cm³/mol. The van der Waals surface area contributed by atoms with Crippen LogP contribution in [0.4, 0.5) is 0 Å². The van der Waals surface area contributed by atoms with Gasteiger partial charge in [-0.1, -0.05) is 30.3 Å². The first-order valence-corrected chi connectivity index (χ1v) is 8.43. The second-order valence-electron chi connectivity index (χ2n) is 6.64. The van der Waals surface area contributed by atoms with Gasteiger partial charge in [0.2, 0.25) is 5.91 Å². The van der Waals surface area contributed by atoms with Gasteiger partial charge in [0.25, 0.3) is 0 Å². The number of nitrogens with one attached hydrogen (secondary N) is 1. The first-order chi connectivity index (χ1) is 11.1. The Morgan fingerprint density at radius 1 is 1.25 bits per heavy atom. The monoisotopic (exact) mass is 352 g/mol. The number of aliphatic carboxylic acids is 1. The molecule has 5 nitrogen and oxygen atoms in total. The van der Waals surface area contributed by atoms with Gasteiger partial charge in [0.05, 0.1) is 5.92 Å². The molecule has 2 saturated heterocycles. The van der Waals surface area contributed by atoms with Crippen LogP contribution in [0.25, 0.3) is 0 Å². The summed E-state index contributed by atoms with van der Waals surface area (Å²) in [5.41, 5.74) is -0.119. The summed E-state index contributed by atoms with van der Waals surface area (Å²) in [6, 6.07) is 9.62. The summed E-state index contributed by atoms with van der Waals surface area (Å²) in [5.74, 6) is -0.958. The van der Waals surface area contributed by atoms with Gasteiger partial charge in [-0.25, -0.2) is 4.79 Å². The number of piperidine rings is 1. The van der Waals surface area contributed by atoms with Gasteiger partial charge in [0, 0.05) is 19.5 Å². The van der Waals surface area contributed by atoms with Crippen LogP contribution < -0.4 is 5.32 Å². The molecular weight excluding hydrogens is 328 g/mol. The van der Waals surface area contributed by atoms with Gasteiger partial charge >= 0.3 is 5.97 Å². The van der Waals surface area contributed by atoms with Gasteiger partial charge < -0.3 is 15.3 Å². The molecule has 0 radical (unpaired) electrons. The molecule has 0 aromatic heterocycles. The second kappa shape index (κ2) is 7.99. The number of carbonyl (C=O) groups is 2. The quantitative estimate of drug-likeness (QED) is 0.870. The Morgan fingerprint density at radius 3 is 2.62 bits per heavy atom. The minimum Gasteiger partial charge on any atom is -0.479 e. The molecule has 2 fully saturated rings. The normalized spacial score (nSPS) is 26.7. The summed E-state index contributed by atoms with van der Waals surface area (Å²) in [4.78, 5) is 26.7. The molecule has 1 amide bonds. The van der Waals surface area contributed by atoms with E-state index in [2.05, 4.69) is 5.32 Å². The maximum atomic E-state index is 12.9. The van der Waals surface area contributed by atoms with Gasteiger partial charge in [-0.3, -0.25) is 4.79 Å². The molecule has 0 saturated carbocycles. The van der Waals surface area contributed by atoms with E-state index in [0.29, 0.717) is 25.9 Å². The highest BCUT2D eigenvalue weighted by Crippen LogP contribution is 2.35. The number of carboxylic acids is 1. The molecule has 1 aromatic rings. The number of amides is 1. The van der Waals surface area contributed by atoms with E-state index in [1.54, 1.807) is 4.90 Å². The number of halogens is 1. The van der Waals surface area contributed by atoms with Crippen LogP contribution in [-0.4, -0.2) is 47.1 Å². The average molecular weight is 353 g/mol. The summed E-state index contributed by atoms with van der Waals surface area (Å²) >= 11 is 0. The number of likely N-dealkylation sites (tertiary alicyclic amines) is 1. The molecule has 0 bridgehead atoms. The number of hydrogen-bond donors (Lipinski definition) is 2. The summed E-state index contributed by atoms with van der Waals surface area (Å²) in [7, 11) is 0. The fraction of sp³-hybridized carbons (Fsp3) is 0.556. The van der Waals surface area contributed by atoms with Crippen molar-refractivity contribution in [3.63, 3.8) is 0 Å². The molecule has 0 aliphatic carbocycles. The van der Waals surface area contributed by atoms with E-state index in [-0.39, 0.29) is 24.2 Å². The van der Waals surface area contributed by atoms with Crippen LogP contribution in [0.15, 0.2) is 30.3 Å². The smallest absolute Gasteiger partial charge is 0.329 e. The van der Waals surface area contributed by atoms with E-state index < -0.39 is 11.5 Å². The highest BCUT2D eigenvalue weighted by Gasteiger charge is 2.50. The predicted octanol–water partition coefficient (Wildman–Crippen LogP) is 2.10. The summed E-state index contributed by atoms with van der Waals surface area (Å²) in [6.07, 6.45) is 3.50. The van der Waals surface area contributed by atoms with Crippen molar-refractivity contribution in [2.75, 3.05) is 19.6 Å². The molecule has 2 aliphatic heterocycles. The fourth-order valence-electron chi connectivity index (χ4n) is 3.90. The van der Waals surface area contributed by atoms with Gasteiger partial charge in [-0.05, 0) is 37.8 Å². The summed E-state index contributed by atoms with van der Waals surface area (Å²) in [5, 5.41) is 13.2. The SMILES string of the molecule is Cl.O=C([C@H]1CCCNC1)N1CCC[C@]1(Cc1ccccc1)C(=O)O. The number of nitrogens with zero attached hydrogens (tertiary/aromatic N) is 1. The molecule has 132 valence electrons. The van der Waals surface area contributed by atoms with Crippen LogP contribution >= 0.6 is 12.4 Å². The van der Waals surface area contributed by atoms with Crippen molar-refractivity contribution in [1.82, 2.24) is 10.2 Å². The van der Waals surface area contributed by atoms with Crippen LogP contribution in [0.3, 0.4) is 0 Å². The minimum absolute atomic E-state index is 0. The van der Waals surface area contributed by atoms with Gasteiger partial charge in [0.15, 0.2) is 0 Å². The first-order valence-electron chi connectivity index (χ1n) is 8.43. The van der Waals surface area contributed by atoms with Crippen molar-refractivity contribution in [3.8, 4) is 0 Å². The number of hydrogen-bond acceptors (Lipinski definition) is 3. The van der Waals surface area contributed by atoms with E-state index in [9.17, 15) is 14.7 Å². The van der Waals surface area contributed by atoms with E-state index in [4.69, 9.17) is 0 Å².